The molecule has 0 radical (unpaired) electrons. The molecule has 0 saturated carbocycles. The molecule has 0 aliphatic heterocycles. The van der Waals surface area contributed by atoms with Crippen molar-refractivity contribution in [2.24, 2.45) is 0 Å². The average molecular weight is 165 g/mol. The molecule has 0 bridgehead atoms. The average Bonchev–Trinajstić information content (AvgIpc) is 1.84. The molecule has 0 heterocycles. The van der Waals surface area contributed by atoms with Gasteiger partial charge in [-0.3, -0.25) is 0 Å². The fourth-order valence-corrected chi connectivity index (χ4v) is 2.57. The summed E-state index contributed by atoms with van der Waals surface area (Å²) in [5.74, 6) is 0.844. The largest absolute Gasteiger partial charge is 0.127 e. The van der Waals surface area contributed by atoms with Crippen LogP contribution in [0.1, 0.15) is 13.3 Å². The van der Waals surface area contributed by atoms with Crippen molar-refractivity contribution in [3.63, 3.8) is 0 Å². The van der Waals surface area contributed by atoms with Crippen molar-refractivity contribution in [2.45, 2.75) is 38.5 Å². The number of rotatable bonds is 4. The molecule has 56 valence electrons. The molecule has 0 unspecified atom stereocenters. The van der Waals surface area contributed by atoms with E-state index in [9.17, 15) is 0 Å². The summed E-state index contributed by atoms with van der Waals surface area (Å²) in [4.78, 5) is 0. The number of hydrogen-bond acceptors (Lipinski definition) is 0. The third kappa shape index (κ3) is 4.98. The molecule has 9 heavy (non-hydrogen) atoms. The fraction of sp³-hybridized carbons (Fsp3) is 1.00. The Morgan fingerprint density at radius 2 is 1.89 bits per heavy atom. The predicted molar refractivity (Wildman–Crippen MR) is 48.1 cm³/mol. The quantitative estimate of drug-likeness (QED) is 0.442. The van der Waals surface area contributed by atoms with Crippen molar-refractivity contribution in [2.75, 3.05) is 5.88 Å². The van der Waals surface area contributed by atoms with E-state index in [0.29, 0.717) is 0 Å². The van der Waals surface area contributed by atoms with Crippen LogP contribution in [0.2, 0.25) is 25.2 Å². The maximum atomic E-state index is 5.59. The second-order valence-electron chi connectivity index (χ2n) is 3.31. The lowest BCUT2D eigenvalue weighted by atomic mass is 10.6. The third-order valence-corrected chi connectivity index (χ3v) is 5.83. The van der Waals surface area contributed by atoms with Gasteiger partial charge in [0, 0.05) is 14.0 Å². The van der Waals surface area contributed by atoms with Gasteiger partial charge in [0.05, 0.1) is 0 Å². The highest BCUT2D eigenvalue weighted by Gasteiger charge is 2.15. The van der Waals surface area contributed by atoms with Crippen LogP contribution < -0.4 is 0 Å². The van der Waals surface area contributed by atoms with E-state index >= 15 is 0 Å². The van der Waals surface area contributed by atoms with Crippen molar-refractivity contribution in [1.29, 1.82) is 0 Å². The van der Waals surface area contributed by atoms with Crippen molar-refractivity contribution in [1.82, 2.24) is 0 Å². The van der Waals surface area contributed by atoms with Gasteiger partial charge in [-0.25, -0.2) is 0 Å². The SMILES string of the molecule is CC[Si](C)(C)CCCCl. The smallest absolute Gasteiger partial charge is 0.0471 e. The molecule has 0 aromatic heterocycles. The third-order valence-electron chi connectivity index (χ3n) is 1.94. The number of halogens is 1. The molecule has 0 rings (SSSR count). The minimum atomic E-state index is -0.783. The van der Waals surface area contributed by atoms with Gasteiger partial charge >= 0.3 is 0 Å². The monoisotopic (exact) mass is 164 g/mol. The summed E-state index contributed by atoms with van der Waals surface area (Å²) in [5.41, 5.74) is 0. The first kappa shape index (κ1) is 9.51. The molecular formula is C7H17ClSi. The van der Waals surface area contributed by atoms with Crippen molar-refractivity contribution < 1.29 is 0 Å². The van der Waals surface area contributed by atoms with E-state index in [1.54, 1.807) is 0 Å². The van der Waals surface area contributed by atoms with Crippen molar-refractivity contribution in [3.8, 4) is 0 Å². The minimum absolute atomic E-state index is 0.783. The predicted octanol–water partition coefficient (Wildman–Crippen LogP) is 3.34. The Hall–Kier alpha value is 0.507. The molecule has 0 aromatic carbocycles. The standard InChI is InChI=1S/C7H17ClSi/c1-4-9(2,3)7-5-6-8/h4-7H2,1-3H3. The molecular weight excluding hydrogens is 148 g/mol. The lowest BCUT2D eigenvalue weighted by Crippen LogP contribution is -2.23. The molecule has 0 nitrogen and oxygen atoms in total. The lowest BCUT2D eigenvalue weighted by Gasteiger charge is -2.18. The van der Waals surface area contributed by atoms with Gasteiger partial charge in [-0.15, -0.1) is 11.6 Å². The first-order chi connectivity index (χ1) is 4.12. The highest BCUT2D eigenvalue weighted by Crippen LogP contribution is 2.16. The zero-order chi connectivity index (χ0) is 7.33. The molecule has 0 aromatic rings. The Kier molecular flexibility index (Phi) is 4.59. The summed E-state index contributed by atoms with van der Waals surface area (Å²) < 4.78 is 0. The van der Waals surface area contributed by atoms with Gasteiger partial charge in [0.15, 0.2) is 0 Å². The van der Waals surface area contributed by atoms with Gasteiger partial charge < -0.3 is 0 Å². The van der Waals surface area contributed by atoms with Crippen LogP contribution >= 0.6 is 11.6 Å². The summed E-state index contributed by atoms with van der Waals surface area (Å²) in [5, 5.41) is 0. The summed E-state index contributed by atoms with van der Waals surface area (Å²) in [7, 11) is -0.783. The van der Waals surface area contributed by atoms with Crippen LogP contribution in [-0.2, 0) is 0 Å². The van der Waals surface area contributed by atoms with Gasteiger partial charge in [0.1, 0.15) is 0 Å². The van der Waals surface area contributed by atoms with Gasteiger partial charge in [-0.05, 0) is 6.42 Å². The second-order valence-corrected chi connectivity index (χ2v) is 9.22. The molecule has 0 amide bonds. The highest BCUT2D eigenvalue weighted by molar-refractivity contribution is 6.77. The molecule has 0 N–H and O–H groups in total. The lowest BCUT2D eigenvalue weighted by molar-refractivity contribution is 1.04. The van der Waals surface area contributed by atoms with Crippen LogP contribution in [-0.4, -0.2) is 14.0 Å². The van der Waals surface area contributed by atoms with Crippen molar-refractivity contribution in [3.05, 3.63) is 0 Å². The Balaban J connectivity index is 3.33. The van der Waals surface area contributed by atoms with Gasteiger partial charge in [-0.2, -0.15) is 0 Å². The van der Waals surface area contributed by atoms with E-state index in [2.05, 4.69) is 20.0 Å². The van der Waals surface area contributed by atoms with E-state index in [1.807, 2.05) is 0 Å². The number of alkyl halides is 1. The molecule has 0 aliphatic carbocycles. The molecule has 0 aliphatic rings. The normalized spacial score (nSPS) is 12.0. The van der Waals surface area contributed by atoms with Crippen LogP contribution in [0.5, 0.6) is 0 Å². The fourth-order valence-electron chi connectivity index (χ4n) is 0.722. The van der Waals surface area contributed by atoms with Crippen molar-refractivity contribution >= 4 is 19.7 Å². The zero-order valence-corrected chi connectivity index (χ0v) is 8.46. The van der Waals surface area contributed by atoms with Crippen LogP contribution in [0.3, 0.4) is 0 Å². The Bertz CT molecular complexity index is 71.3. The van der Waals surface area contributed by atoms with E-state index in [-0.39, 0.29) is 0 Å². The van der Waals surface area contributed by atoms with Gasteiger partial charge in [0.2, 0.25) is 0 Å². The van der Waals surface area contributed by atoms with Gasteiger partial charge in [0.25, 0.3) is 0 Å². The van der Waals surface area contributed by atoms with E-state index in [1.165, 1.54) is 18.5 Å². The Morgan fingerprint density at radius 1 is 1.33 bits per heavy atom. The van der Waals surface area contributed by atoms with E-state index in [4.69, 9.17) is 11.6 Å². The summed E-state index contributed by atoms with van der Waals surface area (Å²) in [6.07, 6.45) is 1.22. The molecule has 0 saturated heterocycles. The van der Waals surface area contributed by atoms with Crippen LogP contribution in [0, 0.1) is 0 Å². The molecule has 0 atom stereocenters. The molecule has 0 fully saturated rings. The van der Waals surface area contributed by atoms with Crippen LogP contribution in [0.25, 0.3) is 0 Å². The molecule has 2 heteroatoms. The topological polar surface area (TPSA) is 0 Å². The molecule has 0 spiro atoms. The van der Waals surface area contributed by atoms with Crippen LogP contribution in [0.15, 0.2) is 0 Å². The Labute approximate surface area is 64.6 Å². The minimum Gasteiger partial charge on any atom is -0.127 e. The summed E-state index contributed by atoms with van der Waals surface area (Å²) in [6.45, 7) is 7.15. The van der Waals surface area contributed by atoms with Gasteiger partial charge in [-0.1, -0.05) is 32.1 Å². The van der Waals surface area contributed by atoms with E-state index in [0.717, 1.165) is 5.88 Å². The zero-order valence-electron chi connectivity index (χ0n) is 6.71. The summed E-state index contributed by atoms with van der Waals surface area (Å²) in [6, 6.07) is 2.79. The summed E-state index contributed by atoms with van der Waals surface area (Å²) >= 11 is 5.59. The maximum absolute atomic E-state index is 5.59. The van der Waals surface area contributed by atoms with E-state index < -0.39 is 8.07 Å². The second kappa shape index (κ2) is 4.34. The first-order valence-electron chi connectivity index (χ1n) is 3.68. The highest BCUT2D eigenvalue weighted by atomic mass is 35.5. The maximum Gasteiger partial charge on any atom is 0.0471 e. The Morgan fingerprint density at radius 3 is 2.22 bits per heavy atom. The first-order valence-corrected chi connectivity index (χ1v) is 7.63. The van der Waals surface area contributed by atoms with Crippen LogP contribution in [0.4, 0.5) is 0 Å². The number of hydrogen-bond donors (Lipinski definition) is 0.